The van der Waals surface area contributed by atoms with Crippen molar-refractivity contribution in [2.45, 2.75) is 20.8 Å². The van der Waals surface area contributed by atoms with Gasteiger partial charge in [0.15, 0.2) is 0 Å². The predicted molar refractivity (Wildman–Crippen MR) is 71.4 cm³/mol. The molecule has 0 amide bonds. The van der Waals surface area contributed by atoms with Gasteiger partial charge in [-0.05, 0) is 28.1 Å². The smallest absolute Gasteiger partial charge is 0.121 e. The second-order valence-corrected chi connectivity index (χ2v) is 5.42. The number of amidine groups is 1. The van der Waals surface area contributed by atoms with E-state index in [1.165, 1.54) is 0 Å². The van der Waals surface area contributed by atoms with E-state index in [9.17, 15) is 0 Å². The zero-order valence-electron chi connectivity index (χ0n) is 10.0. The summed E-state index contributed by atoms with van der Waals surface area (Å²) in [5, 5.41) is 0. The summed E-state index contributed by atoms with van der Waals surface area (Å²) < 4.78 is 6.05. The van der Waals surface area contributed by atoms with Gasteiger partial charge >= 0.3 is 0 Å². The van der Waals surface area contributed by atoms with E-state index in [2.05, 4.69) is 20.9 Å². The van der Waals surface area contributed by atoms with Gasteiger partial charge in [0.2, 0.25) is 0 Å². The molecule has 16 heavy (non-hydrogen) atoms. The van der Waals surface area contributed by atoms with Crippen LogP contribution in [0.25, 0.3) is 0 Å². The van der Waals surface area contributed by atoms with E-state index >= 15 is 0 Å². The van der Waals surface area contributed by atoms with Gasteiger partial charge in [-0.2, -0.15) is 0 Å². The lowest BCUT2D eigenvalue weighted by atomic mass is 9.95. The number of nitrogens with zero attached hydrogens (tertiary/aromatic N) is 1. The summed E-state index contributed by atoms with van der Waals surface area (Å²) in [7, 11) is 1.63. The number of halogens is 1. The molecule has 0 aliphatic carbocycles. The van der Waals surface area contributed by atoms with E-state index in [4.69, 9.17) is 10.5 Å². The van der Waals surface area contributed by atoms with E-state index in [-0.39, 0.29) is 5.41 Å². The van der Waals surface area contributed by atoms with Gasteiger partial charge in [-0.1, -0.05) is 20.8 Å². The normalized spacial score (nSPS) is 12.7. The molecule has 0 atom stereocenters. The van der Waals surface area contributed by atoms with Gasteiger partial charge < -0.3 is 10.5 Å². The molecule has 1 aromatic rings. The minimum atomic E-state index is -0.136. The summed E-state index contributed by atoms with van der Waals surface area (Å²) in [6.45, 7) is 6.08. The number of hydrogen-bond donors (Lipinski definition) is 1. The molecule has 88 valence electrons. The molecule has 1 aromatic carbocycles. The highest BCUT2D eigenvalue weighted by Crippen LogP contribution is 2.30. The van der Waals surface area contributed by atoms with Crippen LogP contribution in [0.4, 0.5) is 5.69 Å². The van der Waals surface area contributed by atoms with Crippen LogP contribution in [0.2, 0.25) is 0 Å². The first-order chi connectivity index (χ1) is 7.34. The van der Waals surface area contributed by atoms with Crippen molar-refractivity contribution in [3.63, 3.8) is 0 Å². The molecule has 4 heteroatoms. The maximum absolute atomic E-state index is 5.93. The number of benzene rings is 1. The van der Waals surface area contributed by atoms with Crippen LogP contribution in [0, 0.1) is 5.41 Å². The first kappa shape index (κ1) is 13.0. The number of rotatable bonds is 2. The average Bonchev–Trinajstić information content (AvgIpc) is 2.19. The molecule has 3 nitrogen and oxygen atoms in total. The van der Waals surface area contributed by atoms with Crippen molar-refractivity contribution in [3.8, 4) is 5.75 Å². The maximum Gasteiger partial charge on any atom is 0.121 e. The number of methoxy groups -OCH3 is 1. The Hall–Kier alpha value is -1.03. The van der Waals surface area contributed by atoms with Crippen LogP contribution in [0.15, 0.2) is 27.7 Å². The van der Waals surface area contributed by atoms with Gasteiger partial charge in [0.1, 0.15) is 11.6 Å². The lowest BCUT2D eigenvalue weighted by Gasteiger charge is -2.17. The van der Waals surface area contributed by atoms with Crippen molar-refractivity contribution < 1.29 is 4.74 Å². The molecule has 0 saturated heterocycles. The molecule has 0 unspecified atom stereocenters. The zero-order chi connectivity index (χ0) is 12.3. The standard InChI is InChI=1S/C12H17BrN2O/c1-12(2,3)11(14)15-10-7-8(16-4)5-6-9(10)13/h5-7H,1-4H3,(H2,14,15). The van der Waals surface area contributed by atoms with Crippen molar-refractivity contribution in [3.05, 3.63) is 22.7 Å². The quantitative estimate of drug-likeness (QED) is 0.668. The summed E-state index contributed by atoms with van der Waals surface area (Å²) in [6, 6.07) is 5.62. The fraction of sp³-hybridized carbons (Fsp3) is 0.417. The third-order valence-electron chi connectivity index (χ3n) is 2.16. The Morgan fingerprint density at radius 2 is 2.00 bits per heavy atom. The molecule has 0 radical (unpaired) electrons. The van der Waals surface area contributed by atoms with E-state index in [0.29, 0.717) is 5.84 Å². The fourth-order valence-corrected chi connectivity index (χ4v) is 1.34. The largest absolute Gasteiger partial charge is 0.497 e. The van der Waals surface area contributed by atoms with Crippen LogP contribution in [0.5, 0.6) is 5.75 Å². The van der Waals surface area contributed by atoms with Crippen LogP contribution < -0.4 is 10.5 Å². The van der Waals surface area contributed by atoms with E-state index in [0.717, 1.165) is 15.9 Å². The van der Waals surface area contributed by atoms with Gasteiger partial charge in [0.25, 0.3) is 0 Å². The molecule has 2 N–H and O–H groups in total. The van der Waals surface area contributed by atoms with Crippen molar-refractivity contribution in [1.82, 2.24) is 0 Å². The van der Waals surface area contributed by atoms with Crippen LogP contribution in [-0.4, -0.2) is 12.9 Å². The molecule has 0 aromatic heterocycles. The fourth-order valence-electron chi connectivity index (χ4n) is 1.00. The highest BCUT2D eigenvalue weighted by atomic mass is 79.9. The van der Waals surface area contributed by atoms with Crippen molar-refractivity contribution in [2.24, 2.45) is 16.1 Å². The van der Waals surface area contributed by atoms with E-state index < -0.39 is 0 Å². The minimum Gasteiger partial charge on any atom is -0.497 e. The average molecular weight is 285 g/mol. The topological polar surface area (TPSA) is 47.6 Å². The summed E-state index contributed by atoms with van der Waals surface area (Å²) in [5.74, 6) is 1.37. The summed E-state index contributed by atoms with van der Waals surface area (Å²) in [5.41, 5.74) is 6.58. The molecule has 0 fully saturated rings. The van der Waals surface area contributed by atoms with Crippen molar-refractivity contribution in [1.29, 1.82) is 0 Å². The molecule has 0 heterocycles. The van der Waals surface area contributed by atoms with Gasteiger partial charge in [-0.3, -0.25) is 0 Å². The third-order valence-corrected chi connectivity index (χ3v) is 2.83. The molecular weight excluding hydrogens is 268 g/mol. The highest BCUT2D eigenvalue weighted by Gasteiger charge is 2.16. The van der Waals surface area contributed by atoms with Crippen LogP contribution in [0.3, 0.4) is 0 Å². The Balaban J connectivity index is 3.14. The number of ether oxygens (including phenoxy) is 1. The number of aliphatic imine (C=N–C) groups is 1. The molecule has 0 spiro atoms. The SMILES string of the molecule is COc1ccc(Br)c(N=C(N)C(C)(C)C)c1. The molecule has 0 aliphatic rings. The predicted octanol–water partition coefficient (Wildman–Crippen LogP) is 3.49. The Bertz CT molecular complexity index is 408. The van der Waals surface area contributed by atoms with Crippen LogP contribution in [0.1, 0.15) is 20.8 Å². The summed E-state index contributed by atoms with van der Waals surface area (Å²) >= 11 is 3.44. The Labute approximate surface area is 105 Å². The minimum absolute atomic E-state index is 0.136. The van der Waals surface area contributed by atoms with Gasteiger partial charge in [-0.25, -0.2) is 4.99 Å². The van der Waals surface area contributed by atoms with Crippen LogP contribution in [-0.2, 0) is 0 Å². The molecule has 0 saturated carbocycles. The highest BCUT2D eigenvalue weighted by molar-refractivity contribution is 9.10. The number of nitrogens with two attached hydrogens (primary N) is 1. The number of hydrogen-bond acceptors (Lipinski definition) is 2. The van der Waals surface area contributed by atoms with Crippen molar-refractivity contribution in [2.75, 3.05) is 7.11 Å². The van der Waals surface area contributed by atoms with Crippen molar-refractivity contribution >= 4 is 27.5 Å². The zero-order valence-corrected chi connectivity index (χ0v) is 11.6. The first-order valence-electron chi connectivity index (χ1n) is 5.03. The molecular formula is C12H17BrN2O. The monoisotopic (exact) mass is 284 g/mol. The molecule has 1 rings (SSSR count). The first-order valence-corrected chi connectivity index (χ1v) is 5.82. The van der Waals surface area contributed by atoms with E-state index in [1.54, 1.807) is 7.11 Å². The Morgan fingerprint density at radius 1 is 1.38 bits per heavy atom. The lowest BCUT2D eigenvalue weighted by Crippen LogP contribution is -2.28. The van der Waals surface area contributed by atoms with Gasteiger partial charge in [0, 0.05) is 16.0 Å². The molecule has 0 aliphatic heterocycles. The second kappa shape index (κ2) is 4.87. The van der Waals surface area contributed by atoms with Gasteiger partial charge in [-0.15, -0.1) is 0 Å². The Morgan fingerprint density at radius 3 is 2.50 bits per heavy atom. The lowest BCUT2D eigenvalue weighted by molar-refractivity contribution is 0.415. The maximum atomic E-state index is 5.93. The Kier molecular flexibility index (Phi) is 3.97. The molecule has 0 bridgehead atoms. The third kappa shape index (κ3) is 3.23. The second-order valence-electron chi connectivity index (χ2n) is 4.56. The summed E-state index contributed by atoms with van der Waals surface area (Å²) in [4.78, 5) is 4.41. The van der Waals surface area contributed by atoms with Gasteiger partial charge in [0.05, 0.1) is 12.8 Å². The van der Waals surface area contributed by atoms with E-state index in [1.807, 2.05) is 39.0 Å². The summed E-state index contributed by atoms with van der Waals surface area (Å²) in [6.07, 6.45) is 0. The van der Waals surface area contributed by atoms with Crippen LogP contribution >= 0.6 is 15.9 Å².